The molecular weight excluding hydrogens is 254 g/mol. The summed E-state index contributed by atoms with van der Waals surface area (Å²) in [5, 5.41) is 19.7. The third-order valence-electron chi connectivity index (χ3n) is 2.19. The van der Waals surface area contributed by atoms with Crippen molar-refractivity contribution >= 4 is 23.7 Å². The molecule has 0 spiro atoms. The zero-order valence-electron chi connectivity index (χ0n) is 10.2. The number of hydrogen-bond acceptors (Lipinski definition) is 4. The van der Waals surface area contributed by atoms with E-state index in [4.69, 9.17) is 10.2 Å². The predicted molar refractivity (Wildman–Crippen MR) is 64.8 cm³/mol. The lowest BCUT2D eigenvalue weighted by Crippen LogP contribution is -2.42. The summed E-state index contributed by atoms with van der Waals surface area (Å²) in [6, 6.07) is 2.38. The van der Waals surface area contributed by atoms with E-state index < -0.39 is 31.1 Å². The summed E-state index contributed by atoms with van der Waals surface area (Å²) < 4.78 is 0. The molecular formula is C11H13N3O5. The normalized spacial score (nSPS) is 9.74. The molecule has 0 unspecified atom stereocenters. The molecule has 0 saturated carbocycles. The van der Waals surface area contributed by atoms with Gasteiger partial charge in [-0.15, -0.1) is 0 Å². The topological polar surface area (TPSA) is 120 Å². The maximum Gasteiger partial charge on any atom is 0.323 e. The molecule has 0 radical (unpaired) electrons. The van der Waals surface area contributed by atoms with Crippen molar-refractivity contribution in [1.82, 2.24) is 9.88 Å². The number of carboxylic acid groups (broad SMARTS) is 2. The van der Waals surface area contributed by atoms with Gasteiger partial charge in [0.05, 0.1) is 11.4 Å². The van der Waals surface area contributed by atoms with Crippen molar-refractivity contribution in [2.45, 2.75) is 6.92 Å². The second-order valence-corrected chi connectivity index (χ2v) is 3.71. The van der Waals surface area contributed by atoms with Crippen LogP contribution in [0.4, 0.5) is 10.5 Å². The van der Waals surface area contributed by atoms with Crippen LogP contribution in [0, 0.1) is 6.92 Å². The fourth-order valence-electron chi connectivity index (χ4n) is 1.34. The average molecular weight is 267 g/mol. The van der Waals surface area contributed by atoms with Gasteiger partial charge in [-0.1, -0.05) is 0 Å². The monoisotopic (exact) mass is 267 g/mol. The Labute approximate surface area is 108 Å². The second-order valence-electron chi connectivity index (χ2n) is 3.71. The number of carboxylic acids is 2. The Morgan fingerprint density at radius 1 is 1.26 bits per heavy atom. The molecule has 0 aromatic carbocycles. The van der Waals surface area contributed by atoms with E-state index >= 15 is 0 Å². The largest absolute Gasteiger partial charge is 0.480 e. The van der Waals surface area contributed by atoms with Crippen LogP contribution in [0.3, 0.4) is 0 Å². The van der Waals surface area contributed by atoms with Crippen LogP contribution in [-0.2, 0) is 9.59 Å². The summed E-state index contributed by atoms with van der Waals surface area (Å²) in [4.78, 5) is 37.6. The molecule has 8 heteroatoms. The smallest absolute Gasteiger partial charge is 0.323 e. The van der Waals surface area contributed by atoms with Gasteiger partial charge in [0.15, 0.2) is 0 Å². The number of anilines is 1. The third-order valence-corrected chi connectivity index (χ3v) is 2.19. The average Bonchev–Trinajstić information content (AvgIpc) is 2.30. The van der Waals surface area contributed by atoms with Gasteiger partial charge in [0.2, 0.25) is 0 Å². The molecule has 102 valence electrons. The first-order chi connectivity index (χ1) is 8.90. The van der Waals surface area contributed by atoms with E-state index in [2.05, 4.69) is 10.3 Å². The number of pyridine rings is 1. The Morgan fingerprint density at radius 3 is 2.32 bits per heavy atom. The Balaban J connectivity index is 2.79. The molecule has 0 aliphatic rings. The first-order valence-electron chi connectivity index (χ1n) is 5.31. The fourth-order valence-corrected chi connectivity index (χ4v) is 1.34. The van der Waals surface area contributed by atoms with Gasteiger partial charge in [0, 0.05) is 6.20 Å². The van der Waals surface area contributed by atoms with Gasteiger partial charge in [-0.3, -0.25) is 14.6 Å². The van der Waals surface area contributed by atoms with Crippen LogP contribution in [0.5, 0.6) is 0 Å². The Kier molecular flexibility index (Phi) is 4.81. The molecule has 0 aliphatic heterocycles. The van der Waals surface area contributed by atoms with Crippen molar-refractivity contribution in [2.75, 3.05) is 18.4 Å². The maximum absolute atomic E-state index is 11.8. The summed E-state index contributed by atoms with van der Waals surface area (Å²) in [7, 11) is 0. The van der Waals surface area contributed by atoms with E-state index in [1.54, 1.807) is 19.1 Å². The van der Waals surface area contributed by atoms with Gasteiger partial charge < -0.3 is 20.4 Å². The SMILES string of the molecule is Cc1ncccc1NC(=O)N(CC(=O)O)CC(=O)O. The van der Waals surface area contributed by atoms with E-state index in [9.17, 15) is 14.4 Å². The highest BCUT2D eigenvalue weighted by Gasteiger charge is 2.20. The number of carbonyl (C=O) groups is 3. The van der Waals surface area contributed by atoms with Crippen molar-refractivity contribution in [3.8, 4) is 0 Å². The number of rotatable bonds is 5. The Morgan fingerprint density at radius 2 is 1.84 bits per heavy atom. The van der Waals surface area contributed by atoms with E-state index in [0.29, 0.717) is 16.3 Å². The van der Waals surface area contributed by atoms with Crippen molar-refractivity contribution in [2.24, 2.45) is 0 Å². The van der Waals surface area contributed by atoms with Gasteiger partial charge in [-0.2, -0.15) is 0 Å². The molecule has 0 atom stereocenters. The number of aromatic nitrogens is 1. The summed E-state index contributed by atoms with van der Waals surface area (Å²) in [6.45, 7) is 0.267. The molecule has 1 heterocycles. The lowest BCUT2D eigenvalue weighted by Gasteiger charge is -2.19. The highest BCUT2D eigenvalue weighted by molar-refractivity contribution is 5.93. The molecule has 1 aromatic heterocycles. The summed E-state index contributed by atoms with van der Waals surface area (Å²) in [5.41, 5.74) is 0.940. The first-order valence-corrected chi connectivity index (χ1v) is 5.31. The highest BCUT2D eigenvalue weighted by Crippen LogP contribution is 2.11. The minimum atomic E-state index is -1.29. The molecule has 1 aromatic rings. The van der Waals surface area contributed by atoms with Crippen LogP contribution in [-0.4, -0.2) is 51.2 Å². The molecule has 0 fully saturated rings. The number of urea groups is 1. The molecule has 0 saturated heterocycles. The summed E-state index contributed by atoms with van der Waals surface area (Å²) >= 11 is 0. The molecule has 1 rings (SSSR count). The van der Waals surface area contributed by atoms with Crippen molar-refractivity contribution in [3.05, 3.63) is 24.0 Å². The van der Waals surface area contributed by atoms with E-state index in [1.165, 1.54) is 6.20 Å². The number of aliphatic carboxylic acids is 2. The van der Waals surface area contributed by atoms with Crippen molar-refractivity contribution in [3.63, 3.8) is 0 Å². The van der Waals surface area contributed by atoms with E-state index in [-0.39, 0.29) is 0 Å². The first kappa shape index (κ1) is 14.4. The third kappa shape index (κ3) is 4.62. The van der Waals surface area contributed by atoms with Gasteiger partial charge >= 0.3 is 18.0 Å². The zero-order valence-corrected chi connectivity index (χ0v) is 10.2. The molecule has 8 nitrogen and oxygen atoms in total. The van der Waals surface area contributed by atoms with Gasteiger partial charge in [0.25, 0.3) is 0 Å². The fraction of sp³-hybridized carbons (Fsp3) is 0.273. The molecule has 3 N–H and O–H groups in total. The minimum absolute atomic E-state index is 0.397. The molecule has 0 bridgehead atoms. The van der Waals surface area contributed by atoms with Gasteiger partial charge in [0.1, 0.15) is 13.1 Å². The highest BCUT2D eigenvalue weighted by atomic mass is 16.4. The van der Waals surface area contributed by atoms with Crippen LogP contribution in [0.2, 0.25) is 0 Å². The maximum atomic E-state index is 11.8. The lowest BCUT2D eigenvalue weighted by molar-refractivity contribution is -0.140. The van der Waals surface area contributed by atoms with Crippen LogP contribution in [0.1, 0.15) is 5.69 Å². The lowest BCUT2D eigenvalue weighted by atomic mass is 10.3. The number of hydrogen-bond donors (Lipinski definition) is 3. The number of amides is 2. The van der Waals surface area contributed by atoms with Crippen LogP contribution >= 0.6 is 0 Å². The van der Waals surface area contributed by atoms with Crippen molar-refractivity contribution in [1.29, 1.82) is 0 Å². The number of nitrogens with one attached hydrogen (secondary N) is 1. The summed E-state index contributed by atoms with van der Waals surface area (Å²) in [6.07, 6.45) is 1.54. The van der Waals surface area contributed by atoms with Crippen molar-refractivity contribution < 1.29 is 24.6 Å². The van der Waals surface area contributed by atoms with Gasteiger partial charge in [-0.05, 0) is 19.1 Å². The van der Waals surface area contributed by atoms with Crippen LogP contribution in [0.25, 0.3) is 0 Å². The number of aryl methyl sites for hydroxylation is 1. The predicted octanol–water partition coefficient (Wildman–Crippen LogP) is 0.393. The minimum Gasteiger partial charge on any atom is -0.480 e. The van der Waals surface area contributed by atoms with E-state index in [0.717, 1.165) is 0 Å². The Hall–Kier alpha value is -2.64. The molecule has 19 heavy (non-hydrogen) atoms. The molecule has 0 aliphatic carbocycles. The van der Waals surface area contributed by atoms with Crippen LogP contribution in [0.15, 0.2) is 18.3 Å². The zero-order chi connectivity index (χ0) is 14.4. The number of carbonyl (C=O) groups excluding carboxylic acids is 1. The number of nitrogens with zero attached hydrogens (tertiary/aromatic N) is 2. The standard InChI is InChI=1S/C11H13N3O5/c1-7-8(3-2-4-12-7)13-11(19)14(5-9(15)16)6-10(17)18/h2-4H,5-6H2,1H3,(H,13,19)(H,15,16)(H,17,18). The molecule has 2 amide bonds. The quantitative estimate of drug-likeness (QED) is 0.710. The van der Waals surface area contributed by atoms with Crippen LogP contribution < -0.4 is 5.32 Å². The second kappa shape index (κ2) is 6.34. The van der Waals surface area contributed by atoms with Gasteiger partial charge in [-0.25, -0.2) is 4.79 Å². The Bertz CT molecular complexity index is 487. The van der Waals surface area contributed by atoms with E-state index in [1.807, 2.05) is 0 Å². The summed E-state index contributed by atoms with van der Waals surface area (Å²) in [5.74, 6) is -2.58.